The minimum atomic E-state index is 0.0256. The van der Waals surface area contributed by atoms with Crippen LogP contribution in [-0.2, 0) is 0 Å². The Morgan fingerprint density at radius 1 is 1.42 bits per heavy atom. The second kappa shape index (κ2) is 6.53. The highest BCUT2D eigenvalue weighted by Crippen LogP contribution is 2.26. The molecule has 19 heavy (non-hydrogen) atoms. The molecule has 1 fully saturated rings. The summed E-state index contributed by atoms with van der Waals surface area (Å²) in [6.07, 6.45) is 4.47. The first-order valence-electron chi connectivity index (χ1n) is 6.81. The van der Waals surface area contributed by atoms with Crippen molar-refractivity contribution in [2.45, 2.75) is 38.6 Å². The molecular weight excluding hydrogens is 306 g/mol. The van der Waals surface area contributed by atoms with Crippen LogP contribution in [0.5, 0.6) is 0 Å². The third-order valence-electron chi connectivity index (χ3n) is 3.79. The van der Waals surface area contributed by atoms with Crippen molar-refractivity contribution < 1.29 is 9.90 Å². The Morgan fingerprint density at radius 2 is 2.11 bits per heavy atom. The number of aryl methyl sites for hydroxylation is 1. The molecule has 0 saturated heterocycles. The molecule has 0 aliphatic heterocycles. The molecule has 0 unspecified atom stereocenters. The molecule has 0 heterocycles. The largest absolute Gasteiger partial charge is 0.395 e. The van der Waals surface area contributed by atoms with Gasteiger partial charge in [0.25, 0.3) is 5.91 Å². The van der Waals surface area contributed by atoms with Crippen LogP contribution in [-0.4, -0.2) is 35.1 Å². The van der Waals surface area contributed by atoms with Crippen LogP contribution in [0.4, 0.5) is 0 Å². The van der Waals surface area contributed by atoms with E-state index in [9.17, 15) is 9.90 Å². The van der Waals surface area contributed by atoms with Gasteiger partial charge >= 0.3 is 0 Å². The summed E-state index contributed by atoms with van der Waals surface area (Å²) in [5.74, 6) is 0.0472. The summed E-state index contributed by atoms with van der Waals surface area (Å²) in [6.45, 7) is 2.40. The molecule has 0 atom stereocenters. The molecule has 1 aromatic carbocycles. The van der Waals surface area contributed by atoms with Crippen molar-refractivity contribution in [3.05, 3.63) is 33.8 Å². The Hall–Kier alpha value is -0.870. The van der Waals surface area contributed by atoms with Crippen molar-refractivity contribution in [1.29, 1.82) is 0 Å². The van der Waals surface area contributed by atoms with E-state index in [4.69, 9.17) is 0 Å². The monoisotopic (exact) mass is 325 g/mol. The van der Waals surface area contributed by atoms with E-state index in [0.29, 0.717) is 12.6 Å². The molecule has 1 amide bonds. The van der Waals surface area contributed by atoms with E-state index in [-0.39, 0.29) is 12.5 Å². The Morgan fingerprint density at radius 3 is 2.68 bits per heavy atom. The summed E-state index contributed by atoms with van der Waals surface area (Å²) in [4.78, 5) is 14.5. The van der Waals surface area contributed by atoms with Gasteiger partial charge in [0.2, 0.25) is 0 Å². The molecule has 1 saturated carbocycles. The van der Waals surface area contributed by atoms with E-state index in [1.807, 2.05) is 30.0 Å². The van der Waals surface area contributed by atoms with Crippen LogP contribution in [0.3, 0.4) is 0 Å². The van der Waals surface area contributed by atoms with E-state index >= 15 is 0 Å². The molecule has 0 bridgehead atoms. The van der Waals surface area contributed by atoms with Gasteiger partial charge in [0, 0.05) is 22.6 Å². The molecule has 0 spiro atoms. The predicted molar refractivity (Wildman–Crippen MR) is 79.3 cm³/mol. The lowest BCUT2D eigenvalue weighted by atomic mass is 10.1. The number of hydrogen-bond donors (Lipinski definition) is 1. The molecule has 104 valence electrons. The minimum absolute atomic E-state index is 0.0256. The predicted octanol–water partition coefficient (Wildman–Crippen LogP) is 3.13. The Kier molecular flexibility index (Phi) is 4.99. The summed E-state index contributed by atoms with van der Waals surface area (Å²) in [6, 6.07) is 6.01. The molecule has 3 nitrogen and oxygen atoms in total. The summed E-state index contributed by atoms with van der Waals surface area (Å²) in [5.41, 5.74) is 1.71. The fraction of sp³-hybridized carbons (Fsp3) is 0.533. The van der Waals surface area contributed by atoms with Gasteiger partial charge in [0.05, 0.1) is 6.61 Å². The number of aliphatic hydroxyl groups excluding tert-OH is 1. The van der Waals surface area contributed by atoms with Crippen molar-refractivity contribution in [3.8, 4) is 0 Å². The number of aliphatic hydroxyl groups is 1. The van der Waals surface area contributed by atoms with E-state index in [2.05, 4.69) is 15.9 Å². The van der Waals surface area contributed by atoms with Crippen molar-refractivity contribution in [1.82, 2.24) is 4.90 Å². The van der Waals surface area contributed by atoms with Gasteiger partial charge in [-0.2, -0.15) is 0 Å². The Balaban J connectivity index is 2.22. The fourth-order valence-corrected chi connectivity index (χ4v) is 3.27. The topological polar surface area (TPSA) is 40.5 Å². The number of rotatable bonds is 4. The Labute approximate surface area is 122 Å². The van der Waals surface area contributed by atoms with E-state index < -0.39 is 0 Å². The van der Waals surface area contributed by atoms with Crippen LogP contribution in [0.2, 0.25) is 0 Å². The summed E-state index contributed by atoms with van der Waals surface area (Å²) in [5, 5.41) is 9.20. The first-order chi connectivity index (χ1) is 9.13. The lowest BCUT2D eigenvalue weighted by molar-refractivity contribution is 0.0637. The van der Waals surface area contributed by atoms with Gasteiger partial charge in [-0.05, 0) is 43.5 Å². The number of carbonyl (C=O) groups excluding carboxylic acids is 1. The van der Waals surface area contributed by atoms with Crippen LogP contribution in [0.1, 0.15) is 41.6 Å². The highest BCUT2D eigenvalue weighted by Gasteiger charge is 2.27. The molecule has 4 heteroatoms. The van der Waals surface area contributed by atoms with Gasteiger partial charge in [-0.3, -0.25) is 4.79 Å². The number of carbonyl (C=O) groups is 1. The van der Waals surface area contributed by atoms with Crippen LogP contribution in [0.25, 0.3) is 0 Å². The van der Waals surface area contributed by atoms with Crippen LogP contribution >= 0.6 is 15.9 Å². The van der Waals surface area contributed by atoms with Gasteiger partial charge in [-0.1, -0.05) is 28.8 Å². The average molecular weight is 326 g/mol. The lowest BCUT2D eigenvalue weighted by Gasteiger charge is -2.29. The van der Waals surface area contributed by atoms with Crippen LogP contribution in [0.15, 0.2) is 22.7 Å². The van der Waals surface area contributed by atoms with Crippen molar-refractivity contribution in [2.24, 2.45) is 0 Å². The fourth-order valence-electron chi connectivity index (χ4n) is 2.80. The molecule has 0 aromatic heterocycles. The van der Waals surface area contributed by atoms with E-state index in [0.717, 1.165) is 28.4 Å². The van der Waals surface area contributed by atoms with E-state index in [1.165, 1.54) is 12.8 Å². The quantitative estimate of drug-likeness (QED) is 0.923. The maximum atomic E-state index is 12.7. The maximum Gasteiger partial charge on any atom is 0.254 e. The van der Waals surface area contributed by atoms with Gasteiger partial charge in [-0.25, -0.2) is 0 Å². The van der Waals surface area contributed by atoms with Crippen LogP contribution < -0.4 is 0 Å². The Bertz CT molecular complexity index is 455. The van der Waals surface area contributed by atoms with Crippen molar-refractivity contribution in [3.63, 3.8) is 0 Å². The van der Waals surface area contributed by atoms with Gasteiger partial charge in [0.1, 0.15) is 0 Å². The smallest absolute Gasteiger partial charge is 0.254 e. The lowest BCUT2D eigenvalue weighted by Crippen LogP contribution is -2.41. The number of benzene rings is 1. The third kappa shape index (κ3) is 3.37. The van der Waals surface area contributed by atoms with Crippen molar-refractivity contribution >= 4 is 21.8 Å². The standard InChI is InChI=1S/C15H20BrNO2/c1-11-10-12(16)6-7-14(11)15(19)17(8-9-18)13-4-2-3-5-13/h6-7,10,13,18H,2-5,8-9H2,1H3. The first-order valence-corrected chi connectivity index (χ1v) is 7.60. The van der Waals surface area contributed by atoms with Gasteiger partial charge in [-0.15, -0.1) is 0 Å². The molecule has 1 aromatic rings. The second-order valence-electron chi connectivity index (χ2n) is 5.12. The first kappa shape index (κ1) is 14.5. The third-order valence-corrected chi connectivity index (χ3v) is 4.28. The zero-order valence-electron chi connectivity index (χ0n) is 11.2. The average Bonchev–Trinajstić information content (AvgIpc) is 2.89. The number of halogens is 1. The molecule has 1 aliphatic rings. The molecule has 2 rings (SSSR count). The summed E-state index contributed by atoms with van der Waals surface area (Å²) >= 11 is 3.41. The van der Waals surface area contributed by atoms with E-state index in [1.54, 1.807) is 0 Å². The summed E-state index contributed by atoms with van der Waals surface area (Å²) < 4.78 is 0.983. The SMILES string of the molecule is Cc1cc(Br)ccc1C(=O)N(CCO)C1CCCC1. The minimum Gasteiger partial charge on any atom is -0.395 e. The number of hydrogen-bond acceptors (Lipinski definition) is 2. The maximum absolute atomic E-state index is 12.7. The zero-order chi connectivity index (χ0) is 13.8. The van der Waals surface area contributed by atoms with Gasteiger partial charge in [0.15, 0.2) is 0 Å². The number of amides is 1. The molecule has 0 radical (unpaired) electrons. The van der Waals surface area contributed by atoms with Crippen molar-refractivity contribution in [2.75, 3.05) is 13.2 Å². The van der Waals surface area contributed by atoms with Crippen LogP contribution in [0, 0.1) is 6.92 Å². The molecular formula is C15H20BrNO2. The zero-order valence-corrected chi connectivity index (χ0v) is 12.8. The second-order valence-corrected chi connectivity index (χ2v) is 6.04. The highest BCUT2D eigenvalue weighted by molar-refractivity contribution is 9.10. The molecule has 1 aliphatic carbocycles. The van der Waals surface area contributed by atoms with Gasteiger partial charge < -0.3 is 10.0 Å². The highest BCUT2D eigenvalue weighted by atomic mass is 79.9. The normalized spacial score (nSPS) is 15.7. The molecule has 1 N–H and O–H groups in total. The summed E-state index contributed by atoms with van der Waals surface area (Å²) in [7, 11) is 0. The number of nitrogens with zero attached hydrogens (tertiary/aromatic N) is 1.